The molecule has 3 aromatic rings. The van der Waals surface area contributed by atoms with Crippen molar-refractivity contribution in [1.29, 1.82) is 0 Å². The highest BCUT2D eigenvalue weighted by Gasteiger charge is 2.37. The number of imide groups is 2. The van der Waals surface area contributed by atoms with E-state index in [2.05, 4.69) is 11.4 Å². The van der Waals surface area contributed by atoms with Crippen LogP contribution < -0.4 is 19.7 Å². The summed E-state index contributed by atoms with van der Waals surface area (Å²) in [6, 6.07) is 16.0. The zero-order chi connectivity index (χ0) is 28.1. The number of rotatable bonds is 8. The number of anilines is 1. The Morgan fingerprint density at radius 1 is 0.949 bits per heavy atom. The van der Waals surface area contributed by atoms with E-state index in [9.17, 15) is 19.2 Å². The van der Waals surface area contributed by atoms with Crippen molar-refractivity contribution < 1.29 is 33.4 Å². The van der Waals surface area contributed by atoms with Crippen molar-refractivity contribution in [3.05, 3.63) is 94.1 Å². The molecule has 0 radical (unpaired) electrons. The molecule has 1 saturated heterocycles. The lowest BCUT2D eigenvalue weighted by Gasteiger charge is -2.26. The first-order valence-corrected chi connectivity index (χ1v) is 12.3. The summed E-state index contributed by atoms with van der Waals surface area (Å²) in [6.07, 6.45) is 1.38. The van der Waals surface area contributed by atoms with Crippen molar-refractivity contribution in [3.8, 4) is 11.5 Å². The molecule has 1 aliphatic heterocycles. The number of nitrogens with zero attached hydrogens (tertiary/aromatic N) is 1. The monoisotopic (exact) mass is 528 g/mol. The third kappa shape index (κ3) is 6.15. The number of ether oxygens (including phenoxy) is 3. The number of amides is 4. The van der Waals surface area contributed by atoms with Gasteiger partial charge in [0.2, 0.25) is 0 Å². The van der Waals surface area contributed by atoms with E-state index in [1.54, 1.807) is 25.1 Å². The molecule has 200 valence electrons. The van der Waals surface area contributed by atoms with Crippen LogP contribution in [-0.4, -0.2) is 37.5 Å². The number of carbonyl (C=O) groups excluding carboxylic acids is 4. The van der Waals surface area contributed by atoms with Gasteiger partial charge in [0.25, 0.3) is 11.8 Å². The molecule has 1 heterocycles. The van der Waals surface area contributed by atoms with Crippen LogP contribution in [0.25, 0.3) is 6.08 Å². The minimum absolute atomic E-state index is 0.185. The summed E-state index contributed by atoms with van der Waals surface area (Å²) in [5.41, 5.74) is 3.81. The van der Waals surface area contributed by atoms with Gasteiger partial charge in [0.05, 0.1) is 25.0 Å². The van der Waals surface area contributed by atoms with Crippen LogP contribution in [0.5, 0.6) is 11.5 Å². The maximum absolute atomic E-state index is 13.4. The summed E-state index contributed by atoms with van der Waals surface area (Å²) in [6.45, 7) is 6.16. The van der Waals surface area contributed by atoms with Crippen LogP contribution in [0.15, 0.2) is 66.2 Å². The largest absolute Gasteiger partial charge is 0.497 e. The van der Waals surface area contributed by atoms with Gasteiger partial charge < -0.3 is 14.2 Å². The van der Waals surface area contributed by atoms with Crippen LogP contribution in [0.1, 0.15) is 39.5 Å². The highest BCUT2D eigenvalue weighted by Crippen LogP contribution is 2.30. The standard InChI is InChI=1S/C30H28N2O7/c1-5-38-29(35)21-6-9-23(10-7-21)32-28(34)25(27(33)31-30(32)36)15-22-8-11-24(37-4)16-26(22)39-17-20-13-18(2)12-19(3)14-20/h6-16H,5,17H2,1-4H3,(H,31,33,36)/b25-15+. The van der Waals surface area contributed by atoms with Gasteiger partial charge >= 0.3 is 12.0 Å². The van der Waals surface area contributed by atoms with Crippen LogP contribution in [0.2, 0.25) is 0 Å². The Morgan fingerprint density at radius 2 is 1.64 bits per heavy atom. The average Bonchev–Trinajstić information content (AvgIpc) is 2.90. The van der Waals surface area contributed by atoms with Crippen molar-refractivity contribution in [1.82, 2.24) is 5.32 Å². The zero-order valence-corrected chi connectivity index (χ0v) is 22.1. The SMILES string of the molecule is CCOC(=O)c1ccc(N2C(=O)NC(=O)/C(=C\c3ccc(OC)cc3OCc3cc(C)cc(C)c3)C2=O)cc1. The second-order valence-electron chi connectivity index (χ2n) is 8.91. The highest BCUT2D eigenvalue weighted by atomic mass is 16.5. The van der Waals surface area contributed by atoms with Gasteiger partial charge in [-0.15, -0.1) is 0 Å². The lowest BCUT2D eigenvalue weighted by atomic mass is 10.1. The first kappa shape index (κ1) is 27.1. The molecule has 0 aliphatic carbocycles. The lowest BCUT2D eigenvalue weighted by molar-refractivity contribution is -0.122. The molecule has 1 N–H and O–H groups in total. The molecule has 0 saturated carbocycles. The molecular formula is C30H28N2O7. The molecule has 9 heteroatoms. The van der Waals surface area contributed by atoms with E-state index in [0.717, 1.165) is 21.6 Å². The number of nitrogens with one attached hydrogen (secondary N) is 1. The Balaban J connectivity index is 1.65. The molecule has 1 fully saturated rings. The first-order chi connectivity index (χ1) is 18.7. The predicted molar refractivity (Wildman–Crippen MR) is 145 cm³/mol. The van der Waals surface area contributed by atoms with Crippen molar-refractivity contribution >= 4 is 35.6 Å². The van der Waals surface area contributed by atoms with E-state index in [-0.39, 0.29) is 30.0 Å². The zero-order valence-electron chi connectivity index (χ0n) is 22.1. The summed E-state index contributed by atoms with van der Waals surface area (Å²) < 4.78 is 16.4. The number of esters is 1. The summed E-state index contributed by atoms with van der Waals surface area (Å²) in [4.78, 5) is 51.5. The Morgan fingerprint density at radius 3 is 2.28 bits per heavy atom. The molecule has 1 aliphatic rings. The van der Waals surface area contributed by atoms with Gasteiger partial charge in [0, 0.05) is 11.6 Å². The van der Waals surface area contributed by atoms with E-state index in [0.29, 0.717) is 17.1 Å². The third-order valence-electron chi connectivity index (χ3n) is 5.93. The van der Waals surface area contributed by atoms with E-state index in [4.69, 9.17) is 14.2 Å². The van der Waals surface area contributed by atoms with E-state index in [1.807, 2.05) is 26.0 Å². The highest BCUT2D eigenvalue weighted by molar-refractivity contribution is 6.39. The number of aryl methyl sites for hydroxylation is 2. The molecule has 0 aromatic heterocycles. The second-order valence-corrected chi connectivity index (χ2v) is 8.91. The number of methoxy groups -OCH3 is 1. The van der Waals surface area contributed by atoms with Gasteiger partial charge in [-0.25, -0.2) is 14.5 Å². The fourth-order valence-electron chi connectivity index (χ4n) is 4.21. The molecule has 0 unspecified atom stereocenters. The van der Waals surface area contributed by atoms with E-state index >= 15 is 0 Å². The molecule has 0 atom stereocenters. The second kappa shape index (κ2) is 11.6. The van der Waals surface area contributed by atoms with Gasteiger partial charge in [-0.3, -0.25) is 14.9 Å². The summed E-state index contributed by atoms with van der Waals surface area (Å²) in [5.74, 6) is -1.25. The smallest absolute Gasteiger partial charge is 0.338 e. The number of carbonyl (C=O) groups is 4. The fraction of sp³-hybridized carbons (Fsp3) is 0.200. The van der Waals surface area contributed by atoms with Gasteiger partial charge in [-0.05, 0) is 68.8 Å². The van der Waals surface area contributed by atoms with Gasteiger partial charge in [0.1, 0.15) is 23.7 Å². The van der Waals surface area contributed by atoms with Crippen molar-refractivity contribution in [2.45, 2.75) is 27.4 Å². The molecule has 0 bridgehead atoms. The van der Waals surface area contributed by atoms with Crippen LogP contribution in [-0.2, 0) is 20.9 Å². The number of hydrogen-bond acceptors (Lipinski definition) is 7. The minimum atomic E-state index is -0.896. The Hall–Kier alpha value is -4.92. The summed E-state index contributed by atoms with van der Waals surface area (Å²) in [5, 5.41) is 2.20. The van der Waals surface area contributed by atoms with Crippen LogP contribution >= 0.6 is 0 Å². The van der Waals surface area contributed by atoms with E-state index in [1.165, 1.54) is 37.5 Å². The lowest BCUT2D eigenvalue weighted by Crippen LogP contribution is -2.54. The Labute approximate surface area is 226 Å². The van der Waals surface area contributed by atoms with Crippen molar-refractivity contribution in [2.24, 2.45) is 0 Å². The maximum atomic E-state index is 13.4. The predicted octanol–water partition coefficient (Wildman–Crippen LogP) is 4.73. The first-order valence-electron chi connectivity index (χ1n) is 12.3. The topological polar surface area (TPSA) is 111 Å². The normalized spacial score (nSPS) is 14.3. The number of barbiturate groups is 1. The van der Waals surface area contributed by atoms with Crippen LogP contribution in [0.4, 0.5) is 10.5 Å². The number of benzene rings is 3. The van der Waals surface area contributed by atoms with Crippen LogP contribution in [0, 0.1) is 13.8 Å². The average molecular weight is 529 g/mol. The third-order valence-corrected chi connectivity index (χ3v) is 5.93. The molecule has 39 heavy (non-hydrogen) atoms. The fourth-order valence-corrected chi connectivity index (χ4v) is 4.21. The number of hydrogen-bond donors (Lipinski definition) is 1. The molecule has 4 rings (SSSR count). The van der Waals surface area contributed by atoms with Gasteiger partial charge in [0.15, 0.2) is 0 Å². The van der Waals surface area contributed by atoms with Crippen molar-refractivity contribution in [2.75, 3.05) is 18.6 Å². The molecule has 4 amide bonds. The summed E-state index contributed by atoms with van der Waals surface area (Å²) >= 11 is 0. The van der Waals surface area contributed by atoms with Crippen LogP contribution in [0.3, 0.4) is 0 Å². The molecule has 3 aromatic carbocycles. The van der Waals surface area contributed by atoms with Gasteiger partial charge in [-0.2, -0.15) is 0 Å². The Bertz CT molecular complexity index is 1450. The quantitative estimate of drug-likeness (QED) is 0.256. The molecule has 9 nitrogen and oxygen atoms in total. The Kier molecular flexibility index (Phi) is 8.10. The minimum Gasteiger partial charge on any atom is -0.497 e. The summed E-state index contributed by atoms with van der Waals surface area (Å²) in [7, 11) is 1.52. The van der Waals surface area contributed by atoms with Crippen molar-refractivity contribution in [3.63, 3.8) is 0 Å². The van der Waals surface area contributed by atoms with Gasteiger partial charge in [-0.1, -0.05) is 29.3 Å². The number of urea groups is 1. The maximum Gasteiger partial charge on any atom is 0.338 e. The van der Waals surface area contributed by atoms with E-state index < -0.39 is 23.8 Å². The molecule has 0 spiro atoms. The molecular weight excluding hydrogens is 500 g/mol.